The summed E-state index contributed by atoms with van der Waals surface area (Å²) in [6, 6.07) is 1.54. The van der Waals surface area contributed by atoms with E-state index in [1.807, 2.05) is 0 Å². The van der Waals surface area contributed by atoms with Gasteiger partial charge in [0.05, 0.1) is 11.9 Å². The number of amides is 1. The van der Waals surface area contributed by atoms with Crippen LogP contribution < -0.4 is 16.2 Å². The Morgan fingerprint density at radius 1 is 1.47 bits per heavy atom. The zero-order chi connectivity index (χ0) is 14.3. The predicted octanol–water partition coefficient (Wildman–Crippen LogP) is 0.837. The van der Waals surface area contributed by atoms with Crippen LogP contribution in [0, 0.1) is 5.92 Å². The predicted molar refractivity (Wildman–Crippen MR) is 75.1 cm³/mol. The monoisotopic (exact) mass is 266 g/mol. The number of nitrogens with zero attached hydrogens (tertiary/aromatic N) is 2. The lowest BCUT2D eigenvalue weighted by Gasteiger charge is -2.09. The number of aromatic nitrogens is 2. The Kier molecular flexibility index (Phi) is 6.05. The van der Waals surface area contributed by atoms with E-state index in [4.69, 9.17) is 0 Å². The third kappa shape index (κ3) is 5.54. The molecule has 0 saturated heterocycles. The van der Waals surface area contributed by atoms with Crippen molar-refractivity contribution in [3.63, 3.8) is 0 Å². The molecule has 0 bridgehead atoms. The first-order chi connectivity index (χ1) is 9.02. The molecule has 0 spiro atoms. The zero-order valence-electron chi connectivity index (χ0n) is 11.8. The minimum atomic E-state index is -0.148. The Morgan fingerprint density at radius 3 is 2.79 bits per heavy atom. The van der Waals surface area contributed by atoms with E-state index in [0.29, 0.717) is 25.3 Å². The number of nitrogens with one attached hydrogen (secondary N) is 2. The number of carbonyl (C=O) groups excluding carboxylic acids is 1. The fourth-order valence-corrected chi connectivity index (χ4v) is 1.53. The topological polar surface area (TPSA) is 76.0 Å². The molecule has 0 aliphatic heterocycles. The maximum absolute atomic E-state index is 11.8. The largest absolute Gasteiger partial charge is 0.383 e. The highest BCUT2D eigenvalue weighted by Crippen LogP contribution is 2.02. The number of anilines is 1. The van der Waals surface area contributed by atoms with Crippen LogP contribution in [0.2, 0.25) is 0 Å². The van der Waals surface area contributed by atoms with Crippen molar-refractivity contribution in [2.45, 2.75) is 33.2 Å². The van der Waals surface area contributed by atoms with Crippen molar-refractivity contribution in [3.8, 4) is 0 Å². The van der Waals surface area contributed by atoms with E-state index < -0.39 is 0 Å². The van der Waals surface area contributed by atoms with Gasteiger partial charge in [-0.05, 0) is 12.3 Å². The number of hydrogen-bond acceptors (Lipinski definition) is 4. The normalized spacial score (nSPS) is 10.5. The lowest BCUT2D eigenvalue weighted by atomic mass is 10.2. The van der Waals surface area contributed by atoms with E-state index in [1.165, 1.54) is 10.7 Å². The molecule has 2 N–H and O–H groups in total. The van der Waals surface area contributed by atoms with Gasteiger partial charge in [0, 0.05) is 32.6 Å². The molecule has 0 aliphatic carbocycles. The van der Waals surface area contributed by atoms with E-state index in [2.05, 4.69) is 29.6 Å². The molecule has 0 unspecified atom stereocenters. The first-order valence-electron chi connectivity index (χ1n) is 6.54. The summed E-state index contributed by atoms with van der Waals surface area (Å²) in [5.41, 5.74) is 0.590. The Labute approximate surface area is 113 Å². The van der Waals surface area contributed by atoms with Gasteiger partial charge in [-0.25, -0.2) is 4.68 Å². The van der Waals surface area contributed by atoms with Crippen molar-refractivity contribution in [1.82, 2.24) is 15.1 Å². The summed E-state index contributed by atoms with van der Waals surface area (Å²) in [5.74, 6) is 0.484. The van der Waals surface area contributed by atoms with Crippen LogP contribution in [-0.2, 0) is 11.3 Å². The van der Waals surface area contributed by atoms with Crippen molar-refractivity contribution in [2.75, 3.05) is 18.9 Å². The van der Waals surface area contributed by atoms with E-state index in [-0.39, 0.29) is 11.5 Å². The van der Waals surface area contributed by atoms with Gasteiger partial charge in [0.2, 0.25) is 5.91 Å². The van der Waals surface area contributed by atoms with Crippen LogP contribution in [0.1, 0.15) is 26.7 Å². The number of rotatable bonds is 7. The average molecular weight is 266 g/mol. The number of carbonyl (C=O) groups is 1. The van der Waals surface area contributed by atoms with Gasteiger partial charge < -0.3 is 10.6 Å². The van der Waals surface area contributed by atoms with Crippen LogP contribution in [0.5, 0.6) is 0 Å². The molecule has 1 rings (SSSR count). The third-order valence-electron chi connectivity index (χ3n) is 2.64. The van der Waals surface area contributed by atoms with Crippen LogP contribution in [0.25, 0.3) is 0 Å². The quantitative estimate of drug-likeness (QED) is 0.766. The van der Waals surface area contributed by atoms with E-state index >= 15 is 0 Å². The summed E-state index contributed by atoms with van der Waals surface area (Å²) in [5, 5.41) is 9.79. The summed E-state index contributed by atoms with van der Waals surface area (Å²) in [4.78, 5) is 22.9. The minimum absolute atomic E-state index is 0.0248. The van der Waals surface area contributed by atoms with Gasteiger partial charge in [-0.3, -0.25) is 9.59 Å². The Morgan fingerprint density at radius 2 is 2.21 bits per heavy atom. The fourth-order valence-electron chi connectivity index (χ4n) is 1.53. The lowest BCUT2D eigenvalue weighted by Crippen LogP contribution is -2.24. The van der Waals surface area contributed by atoms with Gasteiger partial charge in [0.15, 0.2) is 0 Å². The summed E-state index contributed by atoms with van der Waals surface area (Å²) in [7, 11) is 1.60. The molecule has 106 valence electrons. The van der Waals surface area contributed by atoms with Crippen LogP contribution in [0.15, 0.2) is 17.1 Å². The van der Waals surface area contributed by atoms with E-state index in [9.17, 15) is 9.59 Å². The molecule has 0 aromatic carbocycles. The highest BCUT2D eigenvalue weighted by atomic mass is 16.1. The van der Waals surface area contributed by atoms with Crippen LogP contribution in [-0.4, -0.2) is 29.3 Å². The summed E-state index contributed by atoms with van der Waals surface area (Å²) < 4.78 is 1.38. The average Bonchev–Trinajstić information content (AvgIpc) is 2.38. The smallest absolute Gasteiger partial charge is 0.268 e. The molecular formula is C13H22N4O2. The zero-order valence-corrected chi connectivity index (χ0v) is 11.8. The molecule has 0 atom stereocenters. The van der Waals surface area contributed by atoms with Crippen molar-refractivity contribution >= 4 is 11.6 Å². The summed E-state index contributed by atoms with van der Waals surface area (Å²) in [6.45, 7) is 5.46. The van der Waals surface area contributed by atoms with Gasteiger partial charge in [-0.15, -0.1) is 0 Å². The van der Waals surface area contributed by atoms with E-state index in [1.54, 1.807) is 13.2 Å². The van der Waals surface area contributed by atoms with Crippen molar-refractivity contribution < 1.29 is 4.79 Å². The Balaban J connectivity index is 2.52. The minimum Gasteiger partial charge on any atom is -0.383 e. The SMILES string of the molecule is CNC(=O)CCCn1ncc(NCC(C)C)cc1=O. The van der Waals surface area contributed by atoms with E-state index in [0.717, 1.165) is 12.2 Å². The molecule has 0 aliphatic rings. The molecule has 6 heteroatoms. The number of aryl methyl sites for hydroxylation is 1. The second kappa shape index (κ2) is 7.56. The standard InChI is InChI=1S/C13H22N4O2/c1-10(2)8-15-11-7-13(19)17(16-9-11)6-4-5-12(18)14-3/h7,9-10,15H,4-6,8H2,1-3H3,(H,14,18). The maximum Gasteiger partial charge on any atom is 0.268 e. The van der Waals surface area contributed by atoms with Gasteiger partial charge in [0.1, 0.15) is 0 Å². The Hall–Kier alpha value is -1.85. The van der Waals surface area contributed by atoms with Crippen molar-refractivity contribution in [1.29, 1.82) is 0 Å². The van der Waals surface area contributed by atoms with Crippen LogP contribution in [0.3, 0.4) is 0 Å². The fraction of sp³-hybridized carbons (Fsp3) is 0.615. The van der Waals surface area contributed by atoms with Gasteiger partial charge in [0.25, 0.3) is 5.56 Å². The maximum atomic E-state index is 11.8. The van der Waals surface area contributed by atoms with Crippen molar-refractivity contribution in [3.05, 3.63) is 22.6 Å². The summed E-state index contributed by atoms with van der Waals surface area (Å²) in [6.07, 6.45) is 2.65. The van der Waals surface area contributed by atoms with Gasteiger partial charge in [-0.2, -0.15) is 5.10 Å². The molecule has 6 nitrogen and oxygen atoms in total. The second-order valence-electron chi connectivity index (χ2n) is 4.86. The first-order valence-corrected chi connectivity index (χ1v) is 6.54. The highest BCUT2D eigenvalue weighted by molar-refractivity contribution is 5.75. The van der Waals surface area contributed by atoms with Crippen LogP contribution in [0.4, 0.5) is 5.69 Å². The molecule has 1 aromatic rings. The van der Waals surface area contributed by atoms with Gasteiger partial charge in [-0.1, -0.05) is 13.8 Å². The third-order valence-corrected chi connectivity index (χ3v) is 2.64. The molecule has 1 heterocycles. The molecule has 0 radical (unpaired) electrons. The highest BCUT2D eigenvalue weighted by Gasteiger charge is 2.03. The molecule has 19 heavy (non-hydrogen) atoms. The second-order valence-corrected chi connectivity index (χ2v) is 4.86. The molecule has 0 fully saturated rings. The van der Waals surface area contributed by atoms with Gasteiger partial charge >= 0.3 is 0 Å². The lowest BCUT2D eigenvalue weighted by molar-refractivity contribution is -0.120. The summed E-state index contributed by atoms with van der Waals surface area (Å²) >= 11 is 0. The first kappa shape index (κ1) is 15.2. The number of hydrogen-bond donors (Lipinski definition) is 2. The Bertz CT molecular complexity index is 468. The molecule has 1 aromatic heterocycles. The van der Waals surface area contributed by atoms with Crippen LogP contribution >= 0.6 is 0 Å². The molecule has 0 saturated carbocycles. The van der Waals surface area contributed by atoms with Crippen molar-refractivity contribution in [2.24, 2.45) is 5.92 Å². The molecule has 1 amide bonds. The molecular weight excluding hydrogens is 244 g/mol.